The van der Waals surface area contributed by atoms with E-state index in [9.17, 15) is 0 Å². The Kier molecular flexibility index (Phi) is 2.11. The molecule has 0 amide bonds. The smallest absolute Gasteiger partial charge is 0.0815 e. The zero-order chi connectivity index (χ0) is 7.57. The molecule has 3 N–H and O–H groups in total. The predicted octanol–water partition coefficient (Wildman–Crippen LogP) is -0.351. The lowest BCUT2D eigenvalue weighted by Gasteiger charge is -2.42. The van der Waals surface area contributed by atoms with Gasteiger partial charge in [0.15, 0.2) is 0 Å². The third-order valence-corrected chi connectivity index (χ3v) is 2.66. The van der Waals surface area contributed by atoms with Gasteiger partial charge in [0.1, 0.15) is 0 Å². The third kappa shape index (κ3) is 1.55. The van der Waals surface area contributed by atoms with Crippen LogP contribution < -0.4 is 16.0 Å². The van der Waals surface area contributed by atoms with Crippen LogP contribution >= 0.6 is 0 Å². The minimum Gasteiger partial charge on any atom is -0.314 e. The highest BCUT2D eigenvalue weighted by Gasteiger charge is 2.32. The molecule has 2 rings (SSSR count). The summed E-state index contributed by atoms with van der Waals surface area (Å²) in [6.07, 6.45) is 3.84. The Bertz CT molecular complexity index is 104. The van der Waals surface area contributed by atoms with Crippen molar-refractivity contribution in [2.45, 2.75) is 24.9 Å². The second-order valence-corrected chi connectivity index (χ2v) is 3.57. The topological polar surface area (TPSA) is 36.1 Å². The number of hydrogen-bond donors (Lipinski definition) is 3. The molecule has 0 bridgehead atoms. The first-order chi connectivity index (χ1) is 5.41. The van der Waals surface area contributed by atoms with Gasteiger partial charge in [0.05, 0.1) is 5.66 Å². The van der Waals surface area contributed by atoms with Crippen molar-refractivity contribution in [1.82, 2.24) is 16.0 Å². The molecular weight excluding hydrogens is 138 g/mol. The van der Waals surface area contributed by atoms with Gasteiger partial charge in [-0.3, -0.25) is 10.6 Å². The van der Waals surface area contributed by atoms with Crippen LogP contribution in [0.3, 0.4) is 0 Å². The fraction of sp³-hybridized carbons (Fsp3) is 1.00. The van der Waals surface area contributed by atoms with E-state index < -0.39 is 0 Å². The van der Waals surface area contributed by atoms with Crippen molar-refractivity contribution < 1.29 is 0 Å². The molecule has 64 valence electrons. The molecule has 0 radical (unpaired) electrons. The third-order valence-electron chi connectivity index (χ3n) is 2.66. The minimum atomic E-state index is 0.247. The van der Waals surface area contributed by atoms with Crippen LogP contribution in [0.2, 0.25) is 0 Å². The van der Waals surface area contributed by atoms with Crippen molar-refractivity contribution in [2.75, 3.05) is 26.2 Å². The highest BCUT2D eigenvalue weighted by molar-refractivity contribution is 4.93. The van der Waals surface area contributed by atoms with Gasteiger partial charge in [-0.15, -0.1) is 0 Å². The quantitative estimate of drug-likeness (QED) is 0.447. The highest BCUT2D eigenvalue weighted by atomic mass is 15.2. The lowest BCUT2D eigenvalue weighted by molar-refractivity contribution is 0.172. The van der Waals surface area contributed by atoms with Crippen molar-refractivity contribution in [3.63, 3.8) is 0 Å². The summed E-state index contributed by atoms with van der Waals surface area (Å²) in [5.41, 5.74) is 0.247. The Morgan fingerprint density at radius 2 is 1.73 bits per heavy atom. The van der Waals surface area contributed by atoms with Gasteiger partial charge in [0.2, 0.25) is 0 Å². The lowest BCUT2D eigenvalue weighted by Crippen LogP contribution is -2.67. The Balaban J connectivity index is 1.94. The molecule has 2 saturated heterocycles. The molecule has 0 saturated carbocycles. The first kappa shape index (κ1) is 7.53. The predicted molar refractivity (Wildman–Crippen MR) is 45.5 cm³/mol. The fourth-order valence-electron chi connectivity index (χ4n) is 2.01. The van der Waals surface area contributed by atoms with Gasteiger partial charge in [-0.1, -0.05) is 0 Å². The van der Waals surface area contributed by atoms with Crippen LogP contribution in [0.5, 0.6) is 0 Å². The molecule has 0 atom stereocenters. The maximum absolute atomic E-state index is 3.56. The first-order valence-corrected chi connectivity index (χ1v) is 4.62. The van der Waals surface area contributed by atoms with E-state index in [0.717, 1.165) is 6.54 Å². The van der Waals surface area contributed by atoms with Gasteiger partial charge in [-0.05, 0) is 38.9 Å². The molecule has 1 spiro atoms. The summed E-state index contributed by atoms with van der Waals surface area (Å²) in [4.78, 5) is 0. The normalized spacial score (nSPS) is 30.5. The molecule has 0 aromatic heterocycles. The summed E-state index contributed by atoms with van der Waals surface area (Å²) in [6, 6.07) is 0. The fourth-order valence-corrected chi connectivity index (χ4v) is 2.01. The summed E-state index contributed by atoms with van der Waals surface area (Å²) in [7, 11) is 0. The summed E-state index contributed by atoms with van der Waals surface area (Å²) in [5, 5.41) is 10.5. The van der Waals surface area contributed by atoms with Gasteiger partial charge in [-0.2, -0.15) is 0 Å². The van der Waals surface area contributed by atoms with E-state index in [4.69, 9.17) is 0 Å². The van der Waals surface area contributed by atoms with E-state index in [1.54, 1.807) is 0 Å². The Morgan fingerprint density at radius 1 is 0.909 bits per heavy atom. The van der Waals surface area contributed by atoms with E-state index in [1.165, 1.54) is 38.9 Å². The maximum atomic E-state index is 3.56. The molecule has 2 aliphatic rings. The highest BCUT2D eigenvalue weighted by Crippen LogP contribution is 2.14. The molecule has 0 unspecified atom stereocenters. The van der Waals surface area contributed by atoms with E-state index >= 15 is 0 Å². The summed E-state index contributed by atoms with van der Waals surface area (Å²) in [6.45, 7) is 4.63. The summed E-state index contributed by atoms with van der Waals surface area (Å²) in [5.74, 6) is 0. The Hall–Kier alpha value is -0.120. The lowest BCUT2D eigenvalue weighted by atomic mass is 9.97. The van der Waals surface area contributed by atoms with Crippen molar-refractivity contribution in [2.24, 2.45) is 0 Å². The molecule has 3 heteroatoms. The minimum absolute atomic E-state index is 0.247. The first-order valence-electron chi connectivity index (χ1n) is 4.62. The van der Waals surface area contributed by atoms with Crippen LogP contribution in [-0.2, 0) is 0 Å². The standard InChI is InChI=1S/C8H17N3/c1-3-8(7-9-4-1)10-5-2-6-11-8/h9-11H,1-7H2. The van der Waals surface area contributed by atoms with Crippen molar-refractivity contribution >= 4 is 0 Å². The monoisotopic (exact) mass is 155 g/mol. The maximum Gasteiger partial charge on any atom is 0.0815 e. The van der Waals surface area contributed by atoms with Crippen LogP contribution in [0.25, 0.3) is 0 Å². The average Bonchev–Trinajstić information content (AvgIpc) is 2.07. The van der Waals surface area contributed by atoms with Crippen molar-refractivity contribution in [3.05, 3.63) is 0 Å². The van der Waals surface area contributed by atoms with Crippen LogP contribution in [0, 0.1) is 0 Å². The number of rotatable bonds is 0. The van der Waals surface area contributed by atoms with Crippen LogP contribution in [0.1, 0.15) is 19.3 Å². The molecule has 11 heavy (non-hydrogen) atoms. The van der Waals surface area contributed by atoms with E-state index in [0.29, 0.717) is 0 Å². The van der Waals surface area contributed by atoms with Gasteiger partial charge in [-0.25, -0.2) is 0 Å². The van der Waals surface area contributed by atoms with Crippen LogP contribution in [0.4, 0.5) is 0 Å². The van der Waals surface area contributed by atoms with Gasteiger partial charge >= 0.3 is 0 Å². The van der Waals surface area contributed by atoms with E-state index in [-0.39, 0.29) is 5.66 Å². The van der Waals surface area contributed by atoms with Gasteiger partial charge < -0.3 is 5.32 Å². The zero-order valence-corrected chi connectivity index (χ0v) is 6.95. The second-order valence-electron chi connectivity index (χ2n) is 3.57. The van der Waals surface area contributed by atoms with Crippen molar-refractivity contribution in [1.29, 1.82) is 0 Å². The summed E-state index contributed by atoms with van der Waals surface area (Å²) >= 11 is 0. The molecule has 0 aromatic rings. The number of nitrogens with one attached hydrogen (secondary N) is 3. The number of piperidine rings is 1. The van der Waals surface area contributed by atoms with E-state index in [1.807, 2.05) is 0 Å². The van der Waals surface area contributed by atoms with Crippen molar-refractivity contribution in [3.8, 4) is 0 Å². The van der Waals surface area contributed by atoms with Gasteiger partial charge in [0.25, 0.3) is 0 Å². The Morgan fingerprint density at radius 3 is 2.36 bits per heavy atom. The second kappa shape index (κ2) is 3.09. The Labute approximate surface area is 67.9 Å². The molecule has 0 aliphatic carbocycles. The molecule has 2 fully saturated rings. The molecular formula is C8H17N3. The average molecular weight is 155 g/mol. The molecule has 2 aliphatic heterocycles. The largest absolute Gasteiger partial charge is 0.314 e. The van der Waals surface area contributed by atoms with E-state index in [2.05, 4.69) is 16.0 Å². The SMILES string of the molecule is C1CNC2(CCCNC2)NC1. The molecule has 2 heterocycles. The molecule has 0 aromatic carbocycles. The van der Waals surface area contributed by atoms with Gasteiger partial charge in [0, 0.05) is 6.54 Å². The van der Waals surface area contributed by atoms with Crippen LogP contribution in [-0.4, -0.2) is 31.8 Å². The molecule has 3 nitrogen and oxygen atoms in total. The number of hydrogen-bond acceptors (Lipinski definition) is 3. The summed E-state index contributed by atoms with van der Waals surface area (Å²) < 4.78 is 0. The zero-order valence-electron chi connectivity index (χ0n) is 6.95. The van der Waals surface area contributed by atoms with Crippen LogP contribution in [0.15, 0.2) is 0 Å².